The number of carbonyl (C=O) groups excluding carboxylic acids is 1. The predicted octanol–water partition coefficient (Wildman–Crippen LogP) is 6.63. The SMILES string of the molecule is Cc1ccccc1[C@@H]1COCCCN1C1CC2(CCN(c3ccc(C(=O)NS(=O)(=O)c4ccc(NC[C@H]5COCCO5)c([N+](=O)[O-])c4)c(N4c5cc6cc[nH]c6nc5O[C@H]5COCC[C@@H]54)c3)CC2)C1. The van der Waals surface area contributed by atoms with Gasteiger partial charge >= 0.3 is 0 Å². The van der Waals surface area contributed by atoms with Crippen molar-refractivity contribution < 1.29 is 41.8 Å². The number of H-pyrrole nitrogens is 1. The number of aromatic nitrogens is 2. The van der Waals surface area contributed by atoms with Gasteiger partial charge in [-0.15, -0.1) is 0 Å². The number of anilines is 4. The van der Waals surface area contributed by atoms with Crippen molar-refractivity contribution in [1.29, 1.82) is 0 Å². The molecule has 7 heterocycles. The molecule has 4 atom stereocenters. The maximum atomic E-state index is 14.6. The lowest BCUT2D eigenvalue weighted by Gasteiger charge is -2.56. The van der Waals surface area contributed by atoms with Gasteiger partial charge in [-0.25, -0.2) is 13.1 Å². The lowest BCUT2D eigenvalue weighted by molar-refractivity contribution is -0.384. The first kappa shape index (κ1) is 45.6. The summed E-state index contributed by atoms with van der Waals surface area (Å²) in [6.45, 7) is 8.54. The predicted molar refractivity (Wildman–Crippen MR) is 258 cm³/mol. The summed E-state index contributed by atoms with van der Waals surface area (Å²) in [7, 11) is -4.62. The number of aryl methyl sites for hydroxylation is 1. The maximum Gasteiger partial charge on any atom is 0.293 e. The van der Waals surface area contributed by atoms with Crippen molar-refractivity contribution in [3.8, 4) is 5.88 Å². The van der Waals surface area contributed by atoms with Crippen LogP contribution in [-0.2, 0) is 29.0 Å². The lowest BCUT2D eigenvalue weighted by Crippen LogP contribution is -2.56. The monoisotopic (exact) mass is 962 g/mol. The molecular formula is C50H58N8O10S. The fourth-order valence-electron chi connectivity index (χ4n) is 11.4. The van der Waals surface area contributed by atoms with Crippen molar-refractivity contribution in [1.82, 2.24) is 19.6 Å². The molecular weight excluding hydrogens is 905 g/mol. The number of sulfonamides is 1. The highest BCUT2D eigenvalue weighted by atomic mass is 32.2. The van der Waals surface area contributed by atoms with Gasteiger partial charge in [0.25, 0.3) is 21.6 Å². The summed E-state index contributed by atoms with van der Waals surface area (Å²) in [5, 5.41) is 16.1. The standard InChI is InChI=1S/C50H58N8O10S/c1-32-5-2-3-6-38(32)45-30-64-19-4-16-56(45)35-26-50(27-35)13-17-55(18-14-50)34-7-9-39(42(24-34)57-41-12-20-65-31-46(41)68-49-44(57)23-33-11-15-51-47(33)53-49)48(59)54-69(62,63)37-8-10-40(43(25-37)58(60)61)52-28-36-29-66-21-22-67-36/h2-3,5-11,15,23-25,35-36,41,45-46,52H,4,12-14,16-22,26-31H2,1H3,(H,51,53)(H,54,59)/t36-,41-,45-,46-/m0/s1. The Morgan fingerprint density at radius 3 is 2.57 bits per heavy atom. The Kier molecular flexibility index (Phi) is 12.4. The first-order valence-electron chi connectivity index (χ1n) is 24.1. The largest absolute Gasteiger partial charge is 0.468 e. The van der Waals surface area contributed by atoms with Crippen LogP contribution in [0.4, 0.5) is 28.4 Å². The third kappa shape index (κ3) is 9.00. The molecule has 1 aliphatic carbocycles. The number of nitrogens with zero attached hydrogens (tertiary/aromatic N) is 5. The number of rotatable bonds is 11. The van der Waals surface area contributed by atoms with Gasteiger partial charge in [-0.05, 0) is 104 Å². The van der Waals surface area contributed by atoms with Crippen LogP contribution in [0, 0.1) is 22.5 Å². The zero-order valence-corrected chi connectivity index (χ0v) is 39.5. The zero-order chi connectivity index (χ0) is 47.3. The van der Waals surface area contributed by atoms with Crippen LogP contribution in [0.5, 0.6) is 5.88 Å². The number of benzene rings is 3. The molecule has 5 aromatic rings. The van der Waals surface area contributed by atoms with E-state index in [1.807, 2.05) is 24.3 Å². The molecule has 5 aliphatic heterocycles. The number of hydrogen-bond acceptors (Lipinski definition) is 15. The average Bonchev–Trinajstić information content (AvgIpc) is 3.68. The summed E-state index contributed by atoms with van der Waals surface area (Å²) in [6, 6.07) is 22.1. The van der Waals surface area contributed by atoms with Crippen LogP contribution in [0.2, 0.25) is 0 Å². The summed E-state index contributed by atoms with van der Waals surface area (Å²) in [6.07, 6.45) is 6.99. The molecule has 4 saturated heterocycles. The lowest BCUT2D eigenvalue weighted by atomic mass is 9.59. The number of nitro benzene ring substituents is 1. The highest BCUT2D eigenvalue weighted by Gasteiger charge is 2.50. The molecule has 3 aromatic carbocycles. The highest BCUT2D eigenvalue weighted by Crippen LogP contribution is 2.53. The van der Waals surface area contributed by atoms with Crippen molar-refractivity contribution in [2.75, 3.05) is 87.5 Å². The van der Waals surface area contributed by atoms with Crippen molar-refractivity contribution in [2.24, 2.45) is 5.41 Å². The average molecular weight is 963 g/mol. The fourth-order valence-corrected chi connectivity index (χ4v) is 12.4. The Hall–Kier alpha value is -5.83. The van der Waals surface area contributed by atoms with Gasteiger partial charge in [0.2, 0.25) is 5.88 Å². The highest BCUT2D eigenvalue weighted by molar-refractivity contribution is 7.90. The van der Waals surface area contributed by atoms with Crippen LogP contribution in [0.15, 0.2) is 83.9 Å². The van der Waals surface area contributed by atoms with Crippen LogP contribution in [0.1, 0.15) is 66.1 Å². The van der Waals surface area contributed by atoms with E-state index in [2.05, 4.69) is 60.9 Å². The number of nitro groups is 1. The van der Waals surface area contributed by atoms with Gasteiger partial charge in [-0.1, -0.05) is 24.3 Å². The minimum absolute atomic E-state index is 0.108. The Bertz CT molecular complexity index is 2840. The molecule has 3 N–H and O–H groups in total. The first-order valence-corrected chi connectivity index (χ1v) is 25.6. The number of ether oxygens (including phenoxy) is 5. The summed E-state index contributed by atoms with van der Waals surface area (Å²) < 4.78 is 60.1. The molecule has 1 spiro atoms. The number of carbonyl (C=O) groups is 1. The van der Waals surface area contributed by atoms with E-state index < -0.39 is 37.5 Å². The van der Waals surface area contributed by atoms with E-state index >= 15 is 0 Å². The number of hydrogen-bond donors (Lipinski definition) is 3. The van der Waals surface area contributed by atoms with Gasteiger partial charge in [0.15, 0.2) is 0 Å². The van der Waals surface area contributed by atoms with E-state index in [4.69, 9.17) is 28.7 Å². The van der Waals surface area contributed by atoms with E-state index in [-0.39, 0.29) is 41.4 Å². The van der Waals surface area contributed by atoms with Crippen LogP contribution in [-0.4, -0.2) is 131 Å². The molecule has 6 aliphatic rings. The van der Waals surface area contributed by atoms with Crippen LogP contribution in [0.25, 0.3) is 11.0 Å². The number of amides is 1. The molecule has 69 heavy (non-hydrogen) atoms. The van der Waals surface area contributed by atoms with Crippen molar-refractivity contribution in [3.63, 3.8) is 0 Å². The first-order chi connectivity index (χ1) is 33.5. The van der Waals surface area contributed by atoms with Crippen molar-refractivity contribution in [2.45, 2.75) is 80.7 Å². The van der Waals surface area contributed by atoms with Crippen LogP contribution >= 0.6 is 0 Å². The Morgan fingerprint density at radius 2 is 1.75 bits per heavy atom. The molecule has 0 unspecified atom stereocenters. The number of piperidine rings is 1. The Labute approximate surface area is 400 Å². The maximum absolute atomic E-state index is 14.6. The van der Waals surface area contributed by atoms with Gasteiger partial charge < -0.3 is 43.8 Å². The third-order valence-electron chi connectivity index (χ3n) is 15.1. The second-order valence-corrected chi connectivity index (χ2v) is 21.0. The minimum Gasteiger partial charge on any atom is -0.468 e. The minimum atomic E-state index is -4.62. The van der Waals surface area contributed by atoms with Gasteiger partial charge in [0, 0.05) is 68.8 Å². The Balaban J connectivity index is 0.878. The van der Waals surface area contributed by atoms with Crippen molar-refractivity contribution >= 4 is 55.4 Å². The third-order valence-corrected chi connectivity index (χ3v) is 16.5. The van der Waals surface area contributed by atoms with Gasteiger partial charge in [0.05, 0.1) is 72.3 Å². The number of aromatic amines is 1. The van der Waals surface area contributed by atoms with Crippen molar-refractivity contribution in [3.05, 3.63) is 106 Å². The number of pyridine rings is 1. The topological polar surface area (TPSA) is 203 Å². The molecule has 11 rings (SSSR count). The second kappa shape index (κ2) is 18.8. The summed E-state index contributed by atoms with van der Waals surface area (Å²) in [5.74, 6) is -0.519. The molecule has 1 saturated carbocycles. The van der Waals surface area contributed by atoms with Gasteiger partial charge in [-0.3, -0.25) is 19.8 Å². The summed E-state index contributed by atoms with van der Waals surface area (Å²) >= 11 is 0. The normalized spacial score (nSPS) is 24.1. The fraction of sp³-hybridized carbons (Fsp3) is 0.480. The molecule has 18 nitrogen and oxygen atoms in total. The van der Waals surface area contributed by atoms with E-state index in [0.29, 0.717) is 75.0 Å². The van der Waals surface area contributed by atoms with E-state index in [1.165, 1.54) is 23.3 Å². The van der Waals surface area contributed by atoms with E-state index in [1.54, 1.807) is 12.3 Å². The Morgan fingerprint density at radius 1 is 0.928 bits per heavy atom. The number of fused-ring (bicyclic) bond motifs is 3. The quantitative estimate of drug-likeness (QED) is 0.0940. The number of nitrogens with one attached hydrogen (secondary N) is 3. The molecule has 0 radical (unpaired) electrons. The second-order valence-electron chi connectivity index (χ2n) is 19.3. The molecule has 2 aromatic heterocycles. The molecule has 0 bridgehead atoms. The van der Waals surface area contributed by atoms with Crippen LogP contribution in [0.3, 0.4) is 0 Å². The van der Waals surface area contributed by atoms with E-state index in [9.17, 15) is 23.3 Å². The summed E-state index contributed by atoms with van der Waals surface area (Å²) in [5.41, 5.74) is 5.35. The molecule has 5 fully saturated rings. The molecule has 19 heteroatoms. The van der Waals surface area contributed by atoms with Gasteiger partial charge in [-0.2, -0.15) is 4.98 Å². The van der Waals surface area contributed by atoms with Gasteiger partial charge in [0.1, 0.15) is 23.1 Å². The molecule has 1 amide bonds. The molecule has 364 valence electrons. The van der Waals surface area contributed by atoms with E-state index in [0.717, 1.165) is 75.5 Å². The van der Waals surface area contributed by atoms with Crippen LogP contribution < -0.4 is 24.6 Å². The summed E-state index contributed by atoms with van der Waals surface area (Å²) in [4.78, 5) is 41.0. The zero-order valence-electron chi connectivity index (χ0n) is 38.6. The smallest absolute Gasteiger partial charge is 0.293 e.